The Bertz CT molecular complexity index is 1590. The van der Waals surface area contributed by atoms with E-state index in [0.717, 1.165) is 27.8 Å². The van der Waals surface area contributed by atoms with Crippen LogP contribution in [0.4, 0.5) is 4.39 Å². The van der Waals surface area contributed by atoms with Gasteiger partial charge >= 0.3 is 0 Å². The summed E-state index contributed by atoms with van der Waals surface area (Å²) in [5, 5.41) is 18.5. The molecule has 0 spiro atoms. The highest BCUT2D eigenvalue weighted by Crippen LogP contribution is 2.33. The molecule has 6 rings (SSSR count). The van der Waals surface area contributed by atoms with E-state index in [-0.39, 0.29) is 18.3 Å². The number of aliphatic hydroxyl groups is 1. The number of H-pyrrole nitrogens is 1. The third kappa shape index (κ3) is 3.67. The molecule has 2 aromatic carbocycles. The third-order valence-electron chi connectivity index (χ3n) is 6.87. The molecule has 0 saturated carbocycles. The fraction of sp³-hybridized carbons (Fsp3) is 0.179. The zero-order valence-electron chi connectivity index (χ0n) is 19.6. The van der Waals surface area contributed by atoms with Crippen LogP contribution >= 0.6 is 0 Å². The first-order valence-electron chi connectivity index (χ1n) is 11.8. The van der Waals surface area contributed by atoms with E-state index in [1.54, 1.807) is 24.0 Å². The summed E-state index contributed by atoms with van der Waals surface area (Å²) in [6, 6.07) is 18.1. The molecule has 1 atom stereocenters. The molecule has 180 valence electrons. The van der Waals surface area contributed by atoms with Crippen LogP contribution in [-0.4, -0.2) is 48.8 Å². The second-order valence-electron chi connectivity index (χ2n) is 9.07. The Hall–Kier alpha value is -4.30. The number of amides is 1. The van der Waals surface area contributed by atoms with Crippen LogP contribution in [0.3, 0.4) is 0 Å². The van der Waals surface area contributed by atoms with Crippen molar-refractivity contribution >= 4 is 16.9 Å². The number of aromatic nitrogens is 4. The topological polar surface area (TPSA) is 87.0 Å². The number of nitrogens with zero attached hydrogens (tertiary/aromatic N) is 4. The van der Waals surface area contributed by atoms with Gasteiger partial charge in [0.25, 0.3) is 5.91 Å². The maximum atomic E-state index is 13.8. The predicted molar refractivity (Wildman–Crippen MR) is 135 cm³/mol. The molecular formula is C28H24FN5O2. The number of aromatic amines is 1. The maximum Gasteiger partial charge on any atom is 0.271 e. The molecule has 0 bridgehead atoms. The van der Waals surface area contributed by atoms with E-state index in [2.05, 4.69) is 21.2 Å². The summed E-state index contributed by atoms with van der Waals surface area (Å²) in [6.45, 7) is 2.44. The predicted octanol–water partition coefficient (Wildman–Crippen LogP) is 4.73. The van der Waals surface area contributed by atoms with Crippen LogP contribution in [-0.2, 0) is 6.54 Å². The molecule has 36 heavy (non-hydrogen) atoms. The van der Waals surface area contributed by atoms with E-state index < -0.39 is 6.04 Å². The summed E-state index contributed by atoms with van der Waals surface area (Å²) in [5.41, 5.74) is 5.98. The number of carbonyl (C=O) groups excluding carboxylic acids is 1. The van der Waals surface area contributed by atoms with Gasteiger partial charge in [0.2, 0.25) is 0 Å². The fourth-order valence-corrected chi connectivity index (χ4v) is 4.94. The van der Waals surface area contributed by atoms with E-state index >= 15 is 0 Å². The van der Waals surface area contributed by atoms with E-state index in [0.29, 0.717) is 35.6 Å². The molecule has 1 aliphatic rings. The minimum absolute atomic E-state index is 0.184. The summed E-state index contributed by atoms with van der Waals surface area (Å²) in [4.78, 5) is 19.7. The summed E-state index contributed by atoms with van der Waals surface area (Å²) in [5.74, 6) is -0.494. The Labute approximate surface area is 206 Å². The molecule has 0 radical (unpaired) electrons. The number of hydrogen-bond donors (Lipinski definition) is 2. The van der Waals surface area contributed by atoms with Gasteiger partial charge in [-0.2, -0.15) is 5.10 Å². The fourth-order valence-electron chi connectivity index (χ4n) is 4.94. The van der Waals surface area contributed by atoms with Gasteiger partial charge in [-0.3, -0.25) is 9.89 Å². The third-order valence-corrected chi connectivity index (χ3v) is 6.87. The maximum absolute atomic E-state index is 13.8. The number of aryl methyl sites for hydroxylation is 1. The normalized spacial score (nSPS) is 14.3. The van der Waals surface area contributed by atoms with Crippen molar-refractivity contribution in [1.82, 2.24) is 24.6 Å². The molecule has 1 amide bonds. The molecule has 5 aromatic rings. The molecule has 0 unspecified atom stereocenters. The van der Waals surface area contributed by atoms with Crippen LogP contribution < -0.4 is 0 Å². The molecule has 0 aliphatic carbocycles. The highest BCUT2D eigenvalue weighted by atomic mass is 19.1. The van der Waals surface area contributed by atoms with Gasteiger partial charge in [0, 0.05) is 42.0 Å². The number of nitrogens with one attached hydrogen (secondary N) is 1. The Balaban J connectivity index is 1.35. The molecule has 0 saturated heterocycles. The Morgan fingerprint density at radius 2 is 1.89 bits per heavy atom. The van der Waals surface area contributed by atoms with Crippen LogP contribution in [0.15, 0.2) is 73.1 Å². The number of hydrogen-bond acceptors (Lipinski definition) is 4. The summed E-state index contributed by atoms with van der Waals surface area (Å²) >= 11 is 0. The Morgan fingerprint density at radius 3 is 2.67 bits per heavy atom. The first kappa shape index (κ1) is 22.2. The highest BCUT2D eigenvalue weighted by molar-refractivity contribution is 5.98. The standard InChI is InChI=1S/C28H24FN5O2/c1-17-11-19(7-8-23(17)29)25(16-35)34-10-9-33-15-21(13-24(33)28(34)36)26-22-12-20(14-30-27(22)32-31-26)18-5-3-2-4-6-18/h2-8,11-15,25,35H,9-10,16H2,1H3,(H,30,31,32)/t25-/m1/s1. The number of benzene rings is 2. The minimum atomic E-state index is -0.548. The van der Waals surface area contributed by atoms with E-state index in [1.807, 2.05) is 53.4 Å². The lowest BCUT2D eigenvalue weighted by atomic mass is 10.0. The van der Waals surface area contributed by atoms with Crippen molar-refractivity contribution in [1.29, 1.82) is 0 Å². The zero-order valence-corrected chi connectivity index (χ0v) is 19.6. The Morgan fingerprint density at radius 1 is 1.06 bits per heavy atom. The largest absolute Gasteiger partial charge is 0.394 e. The van der Waals surface area contributed by atoms with Gasteiger partial charge in [0.15, 0.2) is 5.65 Å². The SMILES string of the molecule is Cc1cc([C@@H](CO)N2CCn3cc(-c4n[nH]c5ncc(-c6ccccc6)cc45)cc3C2=O)ccc1F. The van der Waals surface area contributed by atoms with Gasteiger partial charge < -0.3 is 14.6 Å². The van der Waals surface area contributed by atoms with Crippen LogP contribution in [0.25, 0.3) is 33.4 Å². The van der Waals surface area contributed by atoms with E-state index in [9.17, 15) is 14.3 Å². The molecular weight excluding hydrogens is 457 g/mol. The monoisotopic (exact) mass is 481 g/mol. The molecule has 0 fully saturated rings. The first-order chi connectivity index (χ1) is 17.5. The molecule has 7 nitrogen and oxygen atoms in total. The van der Waals surface area contributed by atoms with Crippen molar-refractivity contribution in [3.63, 3.8) is 0 Å². The lowest BCUT2D eigenvalue weighted by molar-refractivity contribution is 0.0526. The smallest absolute Gasteiger partial charge is 0.271 e. The molecule has 8 heteroatoms. The highest BCUT2D eigenvalue weighted by Gasteiger charge is 2.32. The lowest BCUT2D eigenvalue weighted by Crippen LogP contribution is -2.43. The van der Waals surface area contributed by atoms with Crippen molar-refractivity contribution in [2.24, 2.45) is 0 Å². The van der Waals surface area contributed by atoms with Crippen LogP contribution in [0.1, 0.15) is 27.7 Å². The molecule has 4 heterocycles. The van der Waals surface area contributed by atoms with Crippen molar-refractivity contribution in [3.8, 4) is 22.4 Å². The Kier molecular flexibility index (Phi) is 5.38. The van der Waals surface area contributed by atoms with E-state index in [1.165, 1.54) is 6.07 Å². The second-order valence-corrected chi connectivity index (χ2v) is 9.07. The molecule has 2 N–H and O–H groups in total. The van der Waals surface area contributed by atoms with Crippen LogP contribution in [0.5, 0.6) is 0 Å². The van der Waals surface area contributed by atoms with Gasteiger partial charge in [-0.25, -0.2) is 9.37 Å². The average molecular weight is 482 g/mol. The van der Waals surface area contributed by atoms with Gasteiger partial charge in [-0.15, -0.1) is 0 Å². The average Bonchev–Trinajstić information content (AvgIpc) is 3.52. The van der Waals surface area contributed by atoms with E-state index in [4.69, 9.17) is 0 Å². The molecule has 3 aromatic heterocycles. The first-order valence-corrected chi connectivity index (χ1v) is 11.8. The van der Waals surface area contributed by atoms with Crippen molar-refractivity contribution < 1.29 is 14.3 Å². The lowest BCUT2D eigenvalue weighted by Gasteiger charge is -2.34. The quantitative estimate of drug-likeness (QED) is 0.380. The summed E-state index contributed by atoms with van der Waals surface area (Å²) in [7, 11) is 0. The second kappa shape index (κ2) is 8.73. The number of carbonyl (C=O) groups is 1. The number of fused-ring (bicyclic) bond motifs is 2. The van der Waals surface area contributed by atoms with Gasteiger partial charge in [0.05, 0.1) is 12.6 Å². The summed E-state index contributed by atoms with van der Waals surface area (Å²) in [6.07, 6.45) is 3.75. The number of rotatable bonds is 5. The number of pyridine rings is 1. The van der Waals surface area contributed by atoms with Crippen molar-refractivity contribution in [3.05, 3.63) is 95.7 Å². The summed E-state index contributed by atoms with van der Waals surface area (Å²) < 4.78 is 15.7. The van der Waals surface area contributed by atoms with Crippen molar-refractivity contribution in [2.45, 2.75) is 19.5 Å². The van der Waals surface area contributed by atoms with Crippen LogP contribution in [0, 0.1) is 12.7 Å². The minimum Gasteiger partial charge on any atom is -0.394 e. The van der Waals surface area contributed by atoms with Crippen LogP contribution in [0.2, 0.25) is 0 Å². The number of aliphatic hydroxyl groups excluding tert-OH is 1. The van der Waals surface area contributed by atoms with Gasteiger partial charge in [-0.05, 0) is 41.8 Å². The van der Waals surface area contributed by atoms with Crippen molar-refractivity contribution in [2.75, 3.05) is 13.2 Å². The molecule has 1 aliphatic heterocycles. The van der Waals surface area contributed by atoms with Gasteiger partial charge in [0.1, 0.15) is 17.2 Å². The zero-order chi connectivity index (χ0) is 24.8. The van der Waals surface area contributed by atoms with Gasteiger partial charge in [-0.1, -0.05) is 42.5 Å². The number of halogens is 1.